The van der Waals surface area contributed by atoms with Crippen LogP contribution >= 0.6 is 0 Å². The van der Waals surface area contributed by atoms with Crippen LogP contribution in [0.5, 0.6) is 5.75 Å². The van der Waals surface area contributed by atoms with Crippen molar-refractivity contribution in [3.63, 3.8) is 0 Å². The van der Waals surface area contributed by atoms with Crippen molar-refractivity contribution in [2.45, 2.75) is 0 Å². The molecule has 0 aliphatic rings. The second-order valence-electron chi connectivity index (χ2n) is 4.77. The van der Waals surface area contributed by atoms with Crippen LogP contribution in [0.1, 0.15) is 0 Å². The summed E-state index contributed by atoms with van der Waals surface area (Å²) >= 11 is 0. The summed E-state index contributed by atoms with van der Waals surface area (Å²) in [5.74, 6) is 0.0967. The van der Waals surface area contributed by atoms with Crippen LogP contribution < -0.4 is 0 Å². The molecule has 1 heteroatoms. The van der Waals surface area contributed by atoms with E-state index in [1.807, 2.05) is 42.5 Å². The van der Waals surface area contributed by atoms with Crippen molar-refractivity contribution in [1.82, 2.24) is 0 Å². The quantitative estimate of drug-likeness (QED) is 0.374. The number of benzene rings is 4. The van der Waals surface area contributed by atoms with Gasteiger partial charge in [0.15, 0.2) is 5.75 Å². The molecule has 0 aromatic heterocycles. The van der Waals surface area contributed by atoms with Crippen LogP contribution in [-0.2, 0) is 5.11 Å². The Morgan fingerprint density at radius 1 is 0.474 bits per heavy atom. The van der Waals surface area contributed by atoms with Crippen molar-refractivity contribution >= 4 is 32.3 Å². The molecule has 0 fully saturated rings. The summed E-state index contributed by atoms with van der Waals surface area (Å²) in [6.07, 6.45) is 0. The number of fused-ring (bicyclic) bond motifs is 6. The van der Waals surface area contributed by atoms with E-state index in [1.165, 1.54) is 5.39 Å². The van der Waals surface area contributed by atoms with E-state index in [0.29, 0.717) is 0 Å². The van der Waals surface area contributed by atoms with Gasteiger partial charge in [-0.1, -0.05) is 60.7 Å². The largest absolute Gasteiger partial charge is 0.289 e. The molecule has 0 amide bonds. The highest BCUT2D eigenvalue weighted by Crippen LogP contribution is 2.38. The molecule has 0 saturated heterocycles. The normalized spacial score (nSPS) is 11.4. The molecule has 1 radical (unpaired) electrons. The maximum atomic E-state index is 12.2. The molecule has 19 heavy (non-hydrogen) atoms. The van der Waals surface area contributed by atoms with Gasteiger partial charge in [0.05, 0.1) is 0 Å². The predicted molar refractivity (Wildman–Crippen MR) is 79.1 cm³/mol. The fourth-order valence-corrected chi connectivity index (χ4v) is 2.92. The van der Waals surface area contributed by atoms with Gasteiger partial charge in [-0.3, -0.25) is 5.11 Å². The molecule has 1 nitrogen and oxygen atoms in total. The Balaban J connectivity index is 2.48. The van der Waals surface area contributed by atoms with E-state index in [1.54, 1.807) is 6.07 Å². The molecule has 4 aromatic rings. The molecule has 0 aliphatic carbocycles. The molecule has 0 heterocycles. The lowest BCUT2D eigenvalue weighted by Gasteiger charge is -2.10. The third-order valence-corrected chi connectivity index (χ3v) is 3.73. The van der Waals surface area contributed by atoms with Crippen molar-refractivity contribution in [1.29, 1.82) is 0 Å². The van der Waals surface area contributed by atoms with Crippen LogP contribution in [-0.4, -0.2) is 0 Å². The van der Waals surface area contributed by atoms with Gasteiger partial charge >= 0.3 is 0 Å². The Hall–Kier alpha value is -2.54. The van der Waals surface area contributed by atoms with Gasteiger partial charge in [-0.15, -0.1) is 0 Å². The van der Waals surface area contributed by atoms with E-state index in [2.05, 4.69) is 18.2 Å². The summed E-state index contributed by atoms with van der Waals surface area (Å²) in [6.45, 7) is 0. The van der Waals surface area contributed by atoms with Crippen LogP contribution in [0.15, 0.2) is 66.7 Å². The van der Waals surface area contributed by atoms with Crippen LogP contribution in [0.3, 0.4) is 0 Å². The molecule has 0 bridgehead atoms. The fourth-order valence-electron chi connectivity index (χ4n) is 2.92. The van der Waals surface area contributed by atoms with Crippen LogP contribution in [0.4, 0.5) is 0 Å². The van der Waals surface area contributed by atoms with E-state index in [-0.39, 0.29) is 5.75 Å². The highest BCUT2D eigenvalue weighted by Gasteiger charge is 2.10. The van der Waals surface area contributed by atoms with Gasteiger partial charge < -0.3 is 0 Å². The molecule has 0 saturated carbocycles. The zero-order valence-electron chi connectivity index (χ0n) is 10.3. The third-order valence-electron chi connectivity index (χ3n) is 3.73. The van der Waals surface area contributed by atoms with Gasteiger partial charge in [-0.2, -0.15) is 0 Å². The minimum atomic E-state index is 0.0967. The maximum absolute atomic E-state index is 12.2. The molecule has 0 spiro atoms. The fraction of sp³-hybridized carbons (Fsp3) is 0. The van der Waals surface area contributed by atoms with Gasteiger partial charge in [-0.05, 0) is 33.0 Å². The molecular weight excluding hydrogens is 232 g/mol. The van der Waals surface area contributed by atoms with E-state index in [0.717, 1.165) is 26.9 Å². The average molecular weight is 243 g/mol. The summed E-state index contributed by atoms with van der Waals surface area (Å²) in [5, 5.41) is 18.7. The zero-order valence-corrected chi connectivity index (χ0v) is 10.3. The van der Waals surface area contributed by atoms with Crippen molar-refractivity contribution in [2.75, 3.05) is 0 Å². The second kappa shape index (κ2) is 3.72. The Bertz CT molecular complexity index is 877. The van der Waals surface area contributed by atoms with E-state index in [4.69, 9.17) is 0 Å². The Kier molecular flexibility index (Phi) is 2.04. The van der Waals surface area contributed by atoms with Crippen molar-refractivity contribution in [3.8, 4) is 5.75 Å². The van der Waals surface area contributed by atoms with E-state index < -0.39 is 0 Å². The van der Waals surface area contributed by atoms with Crippen LogP contribution in [0, 0.1) is 0 Å². The first-order chi connectivity index (χ1) is 9.36. The first-order valence-corrected chi connectivity index (χ1v) is 6.35. The average Bonchev–Trinajstić information content (AvgIpc) is 2.47. The number of hydrogen-bond donors (Lipinski definition) is 0. The smallest absolute Gasteiger partial charge is 0.187 e. The van der Waals surface area contributed by atoms with Gasteiger partial charge in [0.1, 0.15) is 0 Å². The first-order valence-electron chi connectivity index (χ1n) is 6.35. The molecule has 0 N–H and O–H groups in total. The predicted octanol–water partition coefficient (Wildman–Crippen LogP) is 5.29. The first kappa shape index (κ1) is 10.4. The molecule has 0 unspecified atom stereocenters. The lowest BCUT2D eigenvalue weighted by Crippen LogP contribution is -1.82. The minimum absolute atomic E-state index is 0.0967. The molecule has 89 valence electrons. The van der Waals surface area contributed by atoms with Gasteiger partial charge in [0.25, 0.3) is 0 Å². The molecule has 0 aliphatic heterocycles. The maximum Gasteiger partial charge on any atom is 0.187 e. The Labute approximate surface area is 110 Å². The van der Waals surface area contributed by atoms with Crippen molar-refractivity contribution in [3.05, 3.63) is 66.7 Å². The van der Waals surface area contributed by atoms with Crippen LogP contribution in [0.2, 0.25) is 0 Å². The molecule has 4 aromatic carbocycles. The van der Waals surface area contributed by atoms with Gasteiger partial charge in [-0.25, -0.2) is 0 Å². The summed E-state index contributed by atoms with van der Waals surface area (Å²) < 4.78 is 0. The number of hydrogen-bond acceptors (Lipinski definition) is 0. The monoisotopic (exact) mass is 243 g/mol. The lowest BCUT2D eigenvalue weighted by atomic mass is 9.94. The minimum Gasteiger partial charge on any atom is -0.289 e. The van der Waals surface area contributed by atoms with Gasteiger partial charge in [0, 0.05) is 5.39 Å². The SMILES string of the molecule is [O]c1cccc2c3ccccc3c3ccccc3c12. The topological polar surface area (TPSA) is 19.9 Å². The highest BCUT2D eigenvalue weighted by atomic mass is 16.3. The van der Waals surface area contributed by atoms with Crippen molar-refractivity contribution in [2.24, 2.45) is 0 Å². The Morgan fingerprint density at radius 2 is 0.895 bits per heavy atom. The highest BCUT2D eigenvalue weighted by molar-refractivity contribution is 6.26. The van der Waals surface area contributed by atoms with Gasteiger partial charge in [0.2, 0.25) is 0 Å². The van der Waals surface area contributed by atoms with E-state index >= 15 is 0 Å². The second-order valence-corrected chi connectivity index (χ2v) is 4.77. The Morgan fingerprint density at radius 3 is 1.47 bits per heavy atom. The number of rotatable bonds is 0. The standard InChI is InChI=1S/C18H11O/c19-17-11-5-10-16-14-7-2-1-6-12(14)13-8-3-4-9-15(13)18(16)17/h1-11H. The summed E-state index contributed by atoms with van der Waals surface area (Å²) in [4.78, 5) is 0. The van der Waals surface area contributed by atoms with Crippen LogP contribution in [0.25, 0.3) is 32.3 Å². The molecular formula is C18H11O. The van der Waals surface area contributed by atoms with Crippen molar-refractivity contribution < 1.29 is 5.11 Å². The lowest BCUT2D eigenvalue weighted by molar-refractivity contribution is 0.360. The van der Waals surface area contributed by atoms with E-state index in [9.17, 15) is 5.11 Å². The summed E-state index contributed by atoms with van der Waals surface area (Å²) in [5.41, 5.74) is 0. The summed E-state index contributed by atoms with van der Waals surface area (Å²) in [6, 6.07) is 21.9. The summed E-state index contributed by atoms with van der Waals surface area (Å²) in [7, 11) is 0. The third kappa shape index (κ3) is 1.36. The molecule has 0 atom stereocenters. The zero-order chi connectivity index (χ0) is 12.8. The molecule has 4 rings (SSSR count).